The third-order valence-corrected chi connectivity index (χ3v) is 4.72. The summed E-state index contributed by atoms with van der Waals surface area (Å²) in [5.41, 5.74) is 0. The highest BCUT2D eigenvalue weighted by Crippen LogP contribution is 2.40. The number of benzene rings is 5. The Morgan fingerprint density at radius 3 is 1.91 bits per heavy atom. The van der Waals surface area contributed by atoms with Crippen molar-refractivity contribution in [2.24, 2.45) is 0 Å². The van der Waals surface area contributed by atoms with Crippen LogP contribution < -0.4 is 0 Å². The highest BCUT2D eigenvalue weighted by atomic mass is 16.3. The molecule has 0 atom stereocenters. The highest BCUT2D eigenvalue weighted by Gasteiger charge is 2.11. The molecule has 1 N–H and O–H groups in total. The smallest absolute Gasteiger partial charge is 0.131 e. The molecule has 5 aromatic carbocycles. The first-order valence-electron chi connectivity index (χ1n) is 7.78. The predicted molar refractivity (Wildman–Crippen MR) is 98.1 cm³/mol. The molecule has 1 nitrogen and oxygen atoms in total. The molecular formula is C22H14O. The number of rotatable bonds is 0. The fourth-order valence-corrected chi connectivity index (χ4v) is 3.62. The molecule has 0 spiro atoms. The van der Waals surface area contributed by atoms with Gasteiger partial charge in [-0.2, -0.15) is 0 Å². The number of phenols is 1. The number of hydrogen-bond acceptors (Lipinski definition) is 1. The van der Waals surface area contributed by atoms with Gasteiger partial charge in [-0.25, -0.2) is 0 Å². The topological polar surface area (TPSA) is 20.2 Å². The molecule has 0 unspecified atom stereocenters. The monoisotopic (exact) mass is 294 g/mol. The van der Waals surface area contributed by atoms with E-state index in [1.54, 1.807) is 0 Å². The first kappa shape index (κ1) is 12.5. The Balaban J connectivity index is 2.08. The third-order valence-electron chi connectivity index (χ3n) is 4.72. The average molecular weight is 294 g/mol. The maximum Gasteiger partial charge on any atom is 0.131 e. The van der Waals surface area contributed by atoms with E-state index >= 15 is 0 Å². The van der Waals surface area contributed by atoms with E-state index in [1.807, 2.05) is 30.3 Å². The maximum absolute atomic E-state index is 11.0. The Morgan fingerprint density at radius 2 is 1.09 bits per heavy atom. The van der Waals surface area contributed by atoms with E-state index in [4.69, 9.17) is 0 Å². The molecule has 108 valence electrons. The van der Waals surface area contributed by atoms with Gasteiger partial charge in [-0.3, -0.25) is 0 Å². The fraction of sp³-hybridized carbons (Fsp3) is 0. The number of fused-ring (bicyclic) bond motifs is 6. The summed E-state index contributed by atoms with van der Waals surface area (Å²) >= 11 is 0. The molecule has 0 aromatic heterocycles. The van der Waals surface area contributed by atoms with Crippen LogP contribution in [0.4, 0.5) is 0 Å². The van der Waals surface area contributed by atoms with Crippen molar-refractivity contribution in [2.75, 3.05) is 0 Å². The summed E-state index contributed by atoms with van der Waals surface area (Å²) in [7, 11) is 0. The lowest BCUT2D eigenvalue weighted by Gasteiger charge is -2.11. The summed E-state index contributed by atoms with van der Waals surface area (Å²) in [5.74, 6) is 0.375. The molecule has 1 heteroatoms. The minimum atomic E-state index is 0.375. The van der Waals surface area contributed by atoms with E-state index in [2.05, 4.69) is 48.5 Å². The maximum atomic E-state index is 11.0. The van der Waals surface area contributed by atoms with E-state index in [-0.39, 0.29) is 0 Å². The molecule has 5 rings (SSSR count). The third kappa shape index (κ3) is 1.68. The Bertz CT molecular complexity index is 1220. The normalized spacial score (nSPS) is 11.7. The van der Waals surface area contributed by atoms with E-state index in [0.29, 0.717) is 5.75 Å². The molecule has 0 heterocycles. The molecule has 0 bridgehead atoms. The van der Waals surface area contributed by atoms with Crippen LogP contribution in [0.2, 0.25) is 0 Å². The van der Waals surface area contributed by atoms with Crippen LogP contribution in [0.5, 0.6) is 5.75 Å². The molecule has 0 amide bonds. The Morgan fingerprint density at radius 1 is 0.478 bits per heavy atom. The van der Waals surface area contributed by atoms with Gasteiger partial charge in [0.2, 0.25) is 0 Å². The van der Waals surface area contributed by atoms with Gasteiger partial charge in [0.25, 0.3) is 0 Å². The van der Waals surface area contributed by atoms with E-state index in [9.17, 15) is 5.11 Å². The van der Waals surface area contributed by atoms with E-state index in [0.717, 1.165) is 32.3 Å². The highest BCUT2D eigenvalue weighted by molar-refractivity contribution is 6.21. The van der Waals surface area contributed by atoms with Gasteiger partial charge in [-0.05, 0) is 38.4 Å². The molecule has 0 aliphatic rings. The van der Waals surface area contributed by atoms with Gasteiger partial charge in [0, 0.05) is 10.8 Å². The minimum Gasteiger partial charge on any atom is -0.507 e. The quantitative estimate of drug-likeness (QED) is 0.274. The van der Waals surface area contributed by atoms with E-state index < -0.39 is 0 Å². The molecule has 0 fully saturated rings. The summed E-state index contributed by atoms with van der Waals surface area (Å²) < 4.78 is 0. The molecule has 5 aromatic rings. The largest absolute Gasteiger partial charge is 0.507 e. The molecule has 23 heavy (non-hydrogen) atoms. The lowest BCUT2D eigenvalue weighted by atomic mass is 9.94. The Hall–Kier alpha value is -3.06. The number of phenolic OH excluding ortho intramolecular Hbond substituents is 1. The van der Waals surface area contributed by atoms with Crippen molar-refractivity contribution in [1.82, 2.24) is 0 Å². The molecule has 0 saturated carbocycles. The number of aromatic hydroxyl groups is 1. The van der Waals surface area contributed by atoms with Crippen LogP contribution >= 0.6 is 0 Å². The SMILES string of the molecule is Oc1c2ccc3ccccc3c2cc2ccc3ccccc3c12. The average Bonchev–Trinajstić information content (AvgIpc) is 2.61. The van der Waals surface area contributed by atoms with Gasteiger partial charge in [0.1, 0.15) is 5.75 Å². The summed E-state index contributed by atoms with van der Waals surface area (Å²) in [6.07, 6.45) is 0. The zero-order valence-corrected chi connectivity index (χ0v) is 12.5. The summed E-state index contributed by atoms with van der Waals surface area (Å²) in [6.45, 7) is 0. The van der Waals surface area contributed by atoms with Crippen molar-refractivity contribution >= 4 is 43.1 Å². The van der Waals surface area contributed by atoms with Crippen LogP contribution in [0.15, 0.2) is 78.9 Å². The van der Waals surface area contributed by atoms with Crippen molar-refractivity contribution in [3.63, 3.8) is 0 Å². The number of hydrogen-bond donors (Lipinski definition) is 1. The zero-order valence-electron chi connectivity index (χ0n) is 12.5. The van der Waals surface area contributed by atoms with E-state index in [1.165, 1.54) is 10.8 Å². The van der Waals surface area contributed by atoms with Crippen molar-refractivity contribution in [1.29, 1.82) is 0 Å². The minimum absolute atomic E-state index is 0.375. The van der Waals surface area contributed by atoms with Gasteiger partial charge >= 0.3 is 0 Å². The standard InChI is InChI=1S/C22H14O/c23-22-19-12-11-14-5-1-3-7-17(14)20(19)13-16-10-9-15-6-2-4-8-18(15)21(16)22/h1-13,23H. The molecular weight excluding hydrogens is 280 g/mol. The first-order valence-corrected chi connectivity index (χ1v) is 7.78. The second-order valence-corrected chi connectivity index (χ2v) is 5.99. The van der Waals surface area contributed by atoms with Gasteiger partial charge in [0.05, 0.1) is 0 Å². The van der Waals surface area contributed by atoms with Crippen molar-refractivity contribution in [3.8, 4) is 5.75 Å². The fourth-order valence-electron chi connectivity index (χ4n) is 3.62. The Kier molecular flexibility index (Phi) is 2.42. The lowest BCUT2D eigenvalue weighted by Crippen LogP contribution is -1.83. The first-order chi connectivity index (χ1) is 11.3. The second-order valence-electron chi connectivity index (χ2n) is 5.99. The second kappa shape index (κ2) is 4.47. The summed E-state index contributed by atoms with van der Waals surface area (Å²) in [6, 6.07) is 27.0. The van der Waals surface area contributed by atoms with Crippen LogP contribution in [0, 0.1) is 0 Å². The van der Waals surface area contributed by atoms with Crippen molar-refractivity contribution < 1.29 is 5.11 Å². The van der Waals surface area contributed by atoms with Gasteiger partial charge < -0.3 is 5.11 Å². The van der Waals surface area contributed by atoms with Crippen molar-refractivity contribution in [2.45, 2.75) is 0 Å². The molecule has 0 radical (unpaired) electrons. The predicted octanol–water partition coefficient (Wildman–Crippen LogP) is 6.01. The van der Waals surface area contributed by atoms with Crippen molar-refractivity contribution in [3.05, 3.63) is 78.9 Å². The van der Waals surface area contributed by atoms with Crippen LogP contribution in [-0.4, -0.2) is 5.11 Å². The summed E-state index contributed by atoms with van der Waals surface area (Å²) in [4.78, 5) is 0. The Labute approximate surface area is 133 Å². The molecule has 0 aliphatic heterocycles. The lowest BCUT2D eigenvalue weighted by molar-refractivity contribution is 0.488. The molecule has 0 aliphatic carbocycles. The van der Waals surface area contributed by atoms with Gasteiger partial charge in [-0.15, -0.1) is 0 Å². The van der Waals surface area contributed by atoms with Crippen LogP contribution in [-0.2, 0) is 0 Å². The van der Waals surface area contributed by atoms with Crippen LogP contribution in [0.25, 0.3) is 43.1 Å². The van der Waals surface area contributed by atoms with Gasteiger partial charge in [-0.1, -0.05) is 72.8 Å². The molecule has 0 saturated heterocycles. The van der Waals surface area contributed by atoms with Gasteiger partial charge in [0.15, 0.2) is 0 Å². The van der Waals surface area contributed by atoms with Crippen LogP contribution in [0.1, 0.15) is 0 Å². The summed E-state index contributed by atoms with van der Waals surface area (Å²) in [5, 5.41) is 19.6. The zero-order chi connectivity index (χ0) is 15.4. The van der Waals surface area contributed by atoms with Crippen LogP contribution in [0.3, 0.4) is 0 Å².